The highest BCUT2D eigenvalue weighted by Gasteiger charge is 2.42. The molecule has 0 fully saturated rings. The van der Waals surface area contributed by atoms with E-state index in [1.165, 1.54) is 6.07 Å². The second kappa shape index (κ2) is 6.84. The third kappa shape index (κ3) is 2.90. The Bertz CT molecular complexity index is 1100. The van der Waals surface area contributed by atoms with Gasteiger partial charge >= 0.3 is 0 Å². The number of halogens is 2. The molecule has 0 aliphatic carbocycles. The van der Waals surface area contributed by atoms with Gasteiger partial charge in [0.05, 0.1) is 18.9 Å². The second-order valence-electron chi connectivity index (χ2n) is 6.91. The number of aromatic nitrogens is 1. The van der Waals surface area contributed by atoms with Crippen LogP contribution in [0.4, 0.5) is 8.78 Å². The maximum atomic E-state index is 13.9. The van der Waals surface area contributed by atoms with Crippen molar-refractivity contribution in [3.05, 3.63) is 89.2 Å². The number of hydrogen-bond acceptors (Lipinski definition) is 5. The van der Waals surface area contributed by atoms with Gasteiger partial charge in [0.25, 0.3) is 0 Å². The van der Waals surface area contributed by atoms with Gasteiger partial charge in [-0.1, -0.05) is 24.3 Å². The molecule has 2 atom stereocenters. The molecule has 0 unspecified atom stereocenters. The molecule has 0 spiro atoms. The summed E-state index contributed by atoms with van der Waals surface area (Å²) in [4.78, 5) is 4.17. The molecule has 5 rings (SSSR count). The number of benzene rings is 2. The maximum absolute atomic E-state index is 13.9. The van der Waals surface area contributed by atoms with Gasteiger partial charge in [0, 0.05) is 35.5 Å². The first-order valence-electron chi connectivity index (χ1n) is 9.20. The lowest BCUT2D eigenvalue weighted by molar-refractivity contribution is -0.0211. The van der Waals surface area contributed by atoms with Crippen LogP contribution in [0.2, 0.25) is 0 Å². The first kappa shape index (κ1) is 17.6. The van der Waals surface area contributed by atoms with E-state index in [-0.39, 0.29) is 6.04 Å². The molecule has 0 amide bonds. The van der Waals surface area contributed by atoms with E-state index in [0.717, 1.165) is 29.0 Å². The highest BCUT2D eigenvalue weighted by molar-refractivity contribution is 6.01. The summed E-state index contributed by atoms with van der Waals surface area (Å²) in [7, 11) is 1.57. The van der Waals surface area contributed by atoms with Crippen LogP contribution in [-0.4, -0.2) is 22.8 Å². The topological polar surface area (TPSA) is 47.0 Å². The monoisotopic (exact) mass is 393 g/mol. The number of nitrogens with zero attached hydrogens (tertiary/aromatic N) is 3. The van der Waals surface area contributed by atoms with Crippen LogP contribution in [0, 0.1) is 11.6 Å². The Labute approximate surface area is 166 Å². The Morgan fingerprint density at radius 3 is 2.76 bits per heavy atom. The van der Waals surface area contributed by atoms with Crippen molar-refractivity contribution in [2.24, 2.45) is 5.10 Å². The molecule has 146 valence electrons. The van der Waals surface area contributed by atoms with E-state index in [1.54, 1.807) is 24.5 Å². The van der Waals surface area contributed by atoms with E-state index in [9.17, 15) is 8.78 Å². The van der Waals surface area contributed by atoms with Crippen molar-refractivity contribution in [3.63, 3.8) is 0 Å². The minimum absolute atomic E-state index is 0.123. The largest absolute Gasteiger partial charge is 0.493 e. The summed E-state index contributed by atoms with van der Waals surface area (Å²) in [5.74, 6) is -0.651. The van der Waals surface area contributed by atoms with Crippen molar-refractivity contribution in [3.8, 4) is 11.5 Å². The molecule has 0 radical (unpaired) electrons. The third-order valence-electron chi connectivity index (χ3n) is 5.22. The van der Waals surface area contributed by atoms with Crippen molar-refractivity contribution < 1.29 is 18.3 Å². The molecule has 5 nitrogen and oxygen atoms in total. The number of ether oxygens (including phenoxy) is 2. The molecule has 2 aromatic carbocycles. The minimum Gasteiger partial charge on any atom is -0.493 e. The summed E-state index contributed by atoms with van der Waals surface area (Å²) in [6.07, 6.45) is 3.39. The summed E-state index contributed by atoms with van der Waals surface area (Å²) < 4.78 is 39.1. The number of pyridine rings is 1. The number of para-hydroxylation sites is 1. The van der Waals surface area contributed by atoms with Gasteiger partial charge in [0.15, 0.2) is 23.1 Å². The maximum Gasteiger partial charge on any atom is 0.214 e. The first-order chi connectivity index (χ1) is 14.2. The van der Waals surface area contributed by atoms with Crippen molar-refractivity contribution in [2.75, 3.05) is 7.11 Å². The lowest BCUT2D eigenvalue weighted by Gasteiger charge is -2.38. The average molecular weight is 393 g/mol. The predicted molar refractivity (Wildman–Crippen MR) is 103 cm³/mol. The van der Waals surface area contributed by atoms with E-state index in [2.05, 4.69) is 4.98 Å². The Hall–Kier alpha value is -3.48. The van der Waals surface area contributed by atoms with Gasteiger partial charge < -0.3 is 9.47 Å². The molecular formula is C22H17F2N3O2. The van der Waals surface area contributed by atoms with Crippen LogP contribution < -0.4 is 9.47 Å². The summed E-state index contributed by atoms with van der Waals surface area (Å²) in [5.41, 5.74) is 3.18. The number of methoxy groups -OCH3 is 1. The normalized spacial score (nSPS) is 19.8. The Kier molecular flexibility index (Phi) is 4.16. The smallest absolute Gasteiger partial charge is 0.214 e. The summed E-state index contributed by atoms with van der Waals surface area (Å²) in [6.45, 7) is 0. The zero-order valence-corrected chi connectivity index (χ0v) is 15.5. The summed E-state index contributed by atoms with van der Waals surface area (Å²) >= 11 is 0. The molecule has 2 aliphatic heterocycles. The van der Waals surface area contributed by atoms with E-state index in [1.807, 2.05) is 30.3 Å². The van der Waals surface area contributed by atoms with Crippen LogP contribution >= 0.6 is 0 Å². The number of fused-ring (bicyclic) bond motifs is 3. The molecule has 3 aromatic rings. The van der Waals surface area contributed by atoms with E-state index < -0.39 is 17.9 Å². The van der Waals surface area contributed by atoms with Gasteiger partial charge in [-0.25, -0.2) is 13.8 Å². The zero-order valence-electron chi connectivity index (χ0n) is 15.5. The van der Waals surface area contributed by atoms with Crippen LogP contribution in [0.3, 0.4) is 0 Å². The first-order valence-corrected chi connectivity index (χ1v) is 9.20. The van der Waals surface area contributed by atoms with Crippen LogP contribution in [0.5, 0.6) is 11.5 Å². The van der Waals surface area contributed by atoms with Crippen LogP contribution in [0.1, 0.15) is 35.4 Å². The lowest BCUT2D eigenvalue weighted by atomic mass is 9.96. The van der Waals surface area contributed by atoms with E-state index >= 15 is 0 Å². The quantitative estimate of drug-likeness (QED) is 0.652. The van der Waals surface area contributed by atoms with Crippen molar-refractivity contribution >= 4 is 5.71 Å². The van der Waals surface area contributed by atoms with Gasteiger partial charge in [0.2, 0.25) is 6.23 Å². The fourth-order valence-corrected chi connectivity index (χ4v) is 3.84. The number of rotatable bonds is 3. The Morgan fingerprint density at radius 2 is 2.00 bits per heavy atom. The van der Waals surface area contributed by atoms with Crippen LogP contribution in [0.25, 0.3) is 0 Å². The van der Waals surface area contributed by atoms with Crippen LogP contribution in [0.15, 0.2) is 66.0 Å². The van der Waals surface area contributed by atoms with Crippen molar-refractivity contribution in [2.45, 2.75) is 18.7 Å². The Balaban J connectivity index is 1.64. The molecule has 1 aromatic heterocycles. The summed E-state index contributed by atoms with van der Waals surface area (Å²) in [6, 6.07) is 13.1. The lowest BCUT2D eigenvalue weighted by Crippen LogP contribution is -2.34. The molecule has 0 saturated carbocycles. The van der Waals surface area contributed by atoms with Gasteiger partial charge in [-0.3, -0.25) is 4.98 Å². The van der Waals surface area contributed by atoms with Gasteiger partial charge in [0.1, 0.15) is 0 Å². The van der Waals surface area contributed by atoms with Crippen molar-refractivity contribution in [1.82, 2.24) is 9.99 Å². The summed E-state index contributed by atoms with van der Waals surface area (Å²) in [5, 5.41) is 6.57. The van der Waals surface area contributed by atoms with Crippen LogP contribution in [-0.2, 0) is 0 Å². The van der Waals surface area contributed by atoms with Gasteiger partial charge in [-0.2, -0.15) is 5.10 Å². The van der Waals surface area contributed by atoms with Gasteiger partial charge in [-0.15, -0.1) is 0 Å². The number of hydrazone groups is 1. The average Bonchev–Trinajstić information content (AvgIpc) is 3.21. The van der Waals surface area contributed by atoms with E-state index in [4.69, 9.17) is 14.6 Å². The predicted octanol–water partition coefficient (Wildman–Crippen LogP) is 4.61. The van der Waals surface area contributed by atoms with E-state index in [0.29, 0.717) is 23.5 Å². The highest BCUT2D eigenvalue weighted by Crippen LogP contribution is 2.50. The molecule has 7 heteroatoms. The fourth-order valence-electron chi connectivity index (χ4n) is 3.84. The molecular weight excluding hydrogens is 376 g/mol. The SMILES string of the molecule is COc1cccc2c1O[C@H](c1ccc(F)c(F)c1)N1N=C(c3cccnc3)C[C@@H]21. The minimum atomic E-state index is -0.927. The Morgan fingerprint density at radius 1 is 1.10 bits per heavy atom. The molecule has 3 heterocycles. The molecule has 29 heavy (non-hydrogen) atoms. The standard InChI is InChI=1S/C22H17F2N3O2/c1-28-20-6-2-5-15-19-11-18(14-4-3-9-25-12-14)26-27(19)22(29-21(15)20)13-7-8-16(23)17(24)10-13/h2-10,12,19,22H,11H2,1H3/t19-,22+/m0/s1. The number of hydrogen-bond donors (Lipinski definition) is 0. The van der Waals surface area contributed by atoms with Crippen molar-refractivity contribution in [1.29, 1.82) is 0 Å². The fraction of sp³-hybridized carbons (Fsp3) is 0.182. The molecule has 0 bridgehead atoms. The zero-order chi connectivity index (χ0) is 20.0. The second-order valence-corrected chi connectivity index (χ2v) is 6.91. The molecule has 0 N–H and O–H groups in total. The third-order valence-corrected chi connectivity index (χ3v) is 5.22. The van der Waals surface area contributed by atoms with Gasteiger partial charge in [-0.05, 0) is 24.3 Å². The highest BCUT2D eigenvalue weighted by atomic mass is 19.2. The molecule has 0 saturated heterocycles. The molecule has 2 aliphatic rings.